The summed E-state index contributed by atoms with van der Waals surface area (Å²) < 4.78 is 1.23. The number of nitrogens with zero attached hydrogens (tertiary/aromatic N) is 2. The summed E-state index contributed by atoms with van der Waals surface area (Å²) >= 11 is 0. The molecule has 0 saturated heterocycles. The van der Waals surface area contributed by atoms with Gasteiger partial charge in [0.2, 0.25) is 0 Å². The summed E-state index contributed by atoms with van der Waals surface area (Å²) in [6.45, 7) is 0.121. The molecule has 0 aliphatic heterocycles. The van der Waals surface area contributed by atoms with Gasteiger partial charge in [-0.1, -0.05) is 25.7 Å². The van der Waals surface area contributed by atoms with Gasteiger partial charge >= 0.3 is 0 Å². The fourth-order valence-electron chi connectivity index (χ4n) is 2.27. The third-order valence-corrected chi connectivity index (χ3v) is 3.10. The Morgan fingerprint density at radius 3 is 2.88 bits per heavy atom. The lowest BCUT2D eigenvalue weighted by Crippen LogP contribution is -2.26. The molecule has 1 aliphatic carbocycles. The Morgan fingerprint density at radius 2 is 2.19 bits per heavy atom. The van der Waals surface area contributed by atoms with Crippen molar-refractivity contribution in [2.45, 2.75) is 38.6 Å². The smallest absolute Gasteiger partial charge is 0.267 e. The fraction of sp³-hybridized carbons (Fsp3) is 0.583. The van der Waals surface area contributed by atoms with Crippen LogP contribution in [0.1, 0.15) is 32.1 Å². The molecule has 16 heavy (non-hydrogen) atoms. The molecular weight excluding hydrogens is 204 g/mol. The minimum atomic E-state index is -0.206. The number of aromatic nitrogens is 2. The second-order valence-electron chi connectivity index (χ2n) is 4.41. The van der Waals surface area contributed by atoms with Gasteiger partial charge in [-0.25, -0.2) is 4.68 Å². The van der Waals surface area contributed by atoms with Crippen molar-refractivity contribution in [2.75, 3.05) is 0 Å². The van der Waals surface area contributed by atoms with Crippen LogP contribution in [0.15, 0.2) is 23.1 Å². The average molecular weight is 220 g/mol. The lowest BCUT2D eigenvalue weighted by Gasteiger charge is -2.07. The molecule has 1 saturated carbocycles. The SMILES string of the molecule is O=C(CC1CCCC1)Cn1ncccc1=O. The van der Waals surface area contributed by atoms with Crippen molar-refractivity contribution < 1.29 is 4.79 Å². The highest BCUT2D eigenvalue weighted by Crippen LogP contribution is 2.27. The van der Waals surface area contributed by atoms with Gasteiger partial charge in [-0.05, 0) is 12.0 Å². The summed E-state index contributed by atoms with van der Waals surface area (Å²) in [5, 5.41) is 3.88. The molecule has 0 radical (unpaired) electrons. The molecule has 0 N–H and O–H groups in total. The van der Waals surface area contributed by atoms with Gasteiger partial charge in [-0.2, -0.15) is 5.10 Å². The van der Waals surface area contributed by atoms with Crippen LogP contribution in [-0.4, -0.2) is 15.6 Å². The van der Waals surface area contributed by atoms with Crippen molar-refractivity contribution in [3.63, 3.8) is 0 Å². The largest absolute Gasteiger partial charge is 0.298 e. The molecule has 1 aromatic heterocycles. The minimum absolute atomic E-state index is 0.118. The average Bonchev–Trinajstić information content (AvgIpc) is 2.74. The van der Waals surface area contributed by atoms with Crippen molar-refractivity contribution >= 4 is 5.78 Å². The maximum Gasteiger partial charge on any atom is 0.267 e. The van der Waals surface area contributed by atoms with Crippen LogP contribution in [0.25, 0.3) is 0 Å². The first kappa shape index (κ1) is 11.0. The third-order valence-electron chi connectivity index (χ3n) is 3.10. The van der Waals surface area contributed by atoms with E-state index in [9.17, 15) is 9.59 Å². The quantitative estimate of drug-likeness (QED) is 0.770. The lowest BCUT2D eigenvalue weighted by molar-refractivity contribution is -0.120. The highest BCUT2D eigenvalue weighted by Gasteiger charge is 2.18. The Hall–Kier alpha value is -1.45. The molecule has 0 atom stereocenters. The zero-order valence-electron chi connectivity index (χ0n) is 9.26. The standard InChI is InChI=1S/C12H16N2O2/c15-11(8-10-4-1-2-5-10)9-14-12(16)6-3-7-13-14/h3,6-7,10H,1-2,4-5,8-9H2. The summed E-state index contributed by atoms with van der Waals surface area (Å²) in [5.74, 6) is 0.652. The molecule has 86 valence electrons. The number of carbonyl (C=O) groups is 1. The highest BCUT2D eigenvalue weighted by molar-refractivity contribution is 5.78. The molecule has 4 nitrogen and oxygen atoms in total. The monoisotopic (exact) mass is 220 g/mol. The van der Waals surface area contributed by atoms with Gasteiger partial charge in [0.15, 0.2) is 5.78 Å². The fourth-order valence-corrected chi connectivity index (χ4v) is 2.27. The molecule has 1 aromatic rings. The minimum Gasteiger partial charge on any atom is -0.298 e. The maximum atomic E-state index is 11.7. The zero-order valence-corrected chi connectivity index (χ0v) is 9.26. The number of ketones is 1. The van der Waals surface area contributed by atoms with Crippen LogP contribution >= 0.6 is 0 Å². The van der Waals surface area contributed by atoms with E-state index in [0.29, 0.717) is 12.3 Å². The Morgan fingerprint density at radius 1 is 1.44 bits per heavy atom. The van der Waals surface area contributed by atoms with E-state index in [0.717, 1.165) is 12.8 Å². The summed E-state index contributed by atoms with van der Waals surface area (Å²) in [6, 6.07) is 3.01. The summed E-state index contributed by atoms with van der Waals surface area (Å²) in [4.78, 5) is 23.1. The lowest BCUT2D eigenvalue weighted by atomic mass is 10.0. The molecule has 0 aromatic carbocycles. The molecule has 1 heterocycles. The maximum absolute atomic E-state index is 11.7. The van der Waals surface area contributed by atoms with Gasteiger partial charge in [0.25, 0.3) is 5.56 Å². The first-order chi connectivity index (χ1) is 7.75. The van der Waals surface area contributed by atoms with E-state index < -0.39 is 0 Å². The molecule has 1 fully saturated rings. The predicted molar refractivity (Wildman–Crippen MR) is 60.1 cm³/mol. The molecule has 0 bridgehead atoms. The van der Waals surface area contributed by atoms with Gasteiger partial charge < -0.3 is 0 Å². The van der Waals surface area contributed by atoms with Crippen molar-refractivity contribution in [2.24, 2.45) is 5.92 Å². The van der Waals surface area contributed by atoms with Gasteiger partial charge in [-0.15, -0.1) is 0 Å². The number of rotatable bonds is 4. The molecular formula is C12H16N2O2. The van der Waals surface area contributed by atoms with E-state index in [2.05, 4.69) is 5.10 Å². The van der Waals surface area contributed by atoms with Crippen LogP contribution < -0.4 is 5.56 Å². The topological polar surface area (TPSA) is 52.0 Å². The second kappa shape index (κ2) is 5.05. The Labute approximate surface area is 94.3 Å². The molecule has 2 rings (SSSR count). The number of hydrogen-bond acceptors (Lipinski definition) is 3. The molecule has 4 heteroatoms. The van der Waals surface area contributed by atoms with Gasteiger partial charge in [-0.3, -0.25) is 9.59 Å². The first-order valence-electron chi connectivity index (χ1n) is 5.79. The summed E-state index contributed by atoms with van der Waals surface area (Å²) in [5.41, 5.74) is -0.206. The van der Waals surface area contributed by atoms with E-state index in [1.165, 1.54) is 29.8 Å². The van der Waals surface area contributed by atoms with Crippen molar-refractivity contribution in [1.82, 2.24) is 9.78 Å². The van der Waals surface area contributed by atoms with Gasteiger partial charge in [0.05, 0.1) is 0 Å². The number of hydrogen-bond donors (Lipinski definition) is 0. The van der Waals surface area contributed by atoms with Crippen molar-refractivity contribution in [1.29, 1.82) is 0 Å². The molecule has 1 aliphatic rings. The van der Waals surface area contributed by atoms with Crippen LogP contribution in [-0.2, 0) is 11.3 Å². The van der Waals surface area contributed by atoms with E-state index in [1.54, 1.807) is 6.07 Å². The van der Waals surface area contributed by atoms with Gasteiger partial charge in [0, 0.05) is 18.7 Å². The number of carbonyl (C=O) groups excluding carboxylic acids is 1. The highest BCUT2D eigenvalue weighted by atomic mass is 16.1. The molecule has 0 unspecified atom stereocenters. The van der Waals surface area contributed by atoms with Crippen LogP contribution in [0.5, 0.6) is 0 Å². The van der Waals surface area contributed by atoms with Crippen LogP contribution in [0, 0.1) is 5.92 Å². The first-order valence-corrected chi connectivity index (χ1v) is 5.79. The van der Waals surface area contributed by atoms with E-state index >= 15 is 0 Å². The normalized spacial score (nSPS) is 16.5. The van der Waals surface area contributed by atoms with E-state index in [4.69, 9.17) is 0 Å². The molecule has 0 spiro atoms. The van der Waals surface area contributed by atoms with Crippen LogP contribution in [0.3, 0.4) is 0 Å². The second-order valence-corrected chi connectivity index (χ2v) is 4.41. The van der Waals surface area contributed by atoms with E-state index in [1.807, 2.05) is 0 Å². The van der Waals surface area contributed by atoms with Crippen molar-refractivity contribution in [3.05, 3.63) is 28.7 Å². The predicted octanol–water partition coefficient (Wildman–Crippen LogP) is 1.39. The Kier molecular flexibility index (Phi) is 3.49. The van der Waals surface area contributed by atoms with Crippen LogP contribution in [0.2, 0.25) is 0 Å². The Balaban J connectivity index is 1.92. The zero-order chi connectivity index (χ0) is 11.4. The molecule has 0 amide bonds. The van der Waals surface area contributed by atoms with E-state index in [-0.39, 0.29) is 17.9 Å². The van der Waals surface area contributed by atoms with Gasteiger partial charge in [0.1, 0.15) is 6.54 Å². The van der Waals surface area contributed by atoms with Crippen molar-refractivity contribution in [3.8, 4) is 0 Å². The Bertz CT molecular complexity index is 419. The number of Topliss-reactive ketones (excluding diaryl/α,β-unsaturated/α-hetero) is 1. The summed E-state index contributed by atoms with van der Waals surface area (Å²) in [7, 11) is 0. The van der Waals surface area contributed by atoms with Crippen LogP contribution in [0.4, 0.5) is 0 Å². The summed E-state index contributed by atoms with van der Waals surface area (Å²) in [6.07, 6.45) is 6.92. The third kappa shape index (κ3) is 2.78.